The number of carbonyl (C=O) groups is 1. The second-order valence-corrected chi connectivity index (χ2v) is 3.58. The molecule has 0 saturated heterocycles. The largest absolute Gasteiger partial charge is 0.476 e. The molecular weight excluding hydrogens is 218 g/mol. The number of hydrogen-bond donors (Lipinski definition) is 1. The summed E-state index contributed by atoms with van der Waals surface area (Å²) in [5.41, 5.74) is 1.71. The van der Waals surface area contributed by atoms with Gasteiger partial charge in [-0.1, -0.05) is 30.3 Å². The Hall–Kier alpha value is -2.36. The molecule has 4 heteroatoms. The lowest BCUT2D eigenvalue weighted by Crippen LogP contribution is -1.96. The van der Waals surface area contributed by atoms with Crippen LogP contribution < -0.4 is 0 Å². The number of nitrogens with zero attached hydrogens (tertiary/aromatic N) is 1. The van der Waals surface area contributed by atoms with Gasteiger partial charge in [0.25, 0.3) is 0 Å². The van der Waals surface area contributed by atoms with Gasteiger partial charge in [0.05, 0.1) is 0 Å². The van der Waals surface area contributed by atoms with E-state index in [0.717, 1.165) is 17.4 Å². The van der Waals surface area contributed by atoms with Crippen LogP contribution in [0.4, 0.5) is 0 Å². The fourth-order valence-corrected chi connectivity index (χ4v) is 1.41. The van der Waals surface area contributed by atoms with Gasteiger partial charge in [-0.25, -0.2) is 9.78 Å². The summed E-state index contributed by atoms with van der Waals surface area (Å²) in [7, 11) is 0. The van der Waals surface area contributed by atoms with Gasteiger partial charge in [-0.3, -0.25) is 0 Å². The van der Waals surface area contributed by atoms with Crippen LogP contribution in [0.15, 0.2) is 41.0 Å². The number of carboxylic acid groups (broad SMARTS) is 1. The van der Waals surface area contributed by atoms with Crippen LogP contribution in [0, 0.1) is 0 Å². The minimum atomic E-state index is -1.09. The molecule has 4 nitrogen and oxygen atoms in total. The summed E-state index contributed by atoms with van der Waals surface area (Å²) in [6.45, 7) is 1.82. The fourth-order valence-electron chi connectivity index (χ4n) is 1.41. The molecule has 0 saturated carbocycles. The van der Waals surface area contributed by atoms with E-state index in [4.69, 9.17) is 9.52 Å². The molecule has 1 aromatic heterocycles. The smallest absolute Gasteiger partial charge is 0.357 e. The molecule has 0 bridgehead atoms. The van der Waals surface area contributed by atoms with E-state index in [1.54, 1.807) is 0 Å². The minimum absolute atomic E-state index is 0.0826. The average molecular weight is 229 g/mol. The Balaban J connectivity index is 2.27. The Bertz CT molecular complexity index is 555. The average Bonchev–Trinajstić information content (AvgIpc) is 2.79. The van der Waals surface area contributed by atoms with Crippen LogP contribution in [0.1, 0.15) is 28.9 Å². The fraction of sp³-hybridized carbons (Fsp3) is 0.0769. The Kier molecular flexibility index (Phi) is 3.05. The third-order valence-corrected chi connectivity index (χ3v) is 2.24. The molecule has 86 valence electrons. The van der Waals surface area contributed by atoms with E-state index in [9.17, 15) is 4.79 Å². The normalized spacial score (nSPS) is 11.5. The maximum Gasteiger partial charge on any atom is 0.357 e. The highest BCUT2D eigenvalue weighted by Crippen LogP contribution is 2.17. The molecule has 1 heterocycles. The molecular formula is C13H11NO3. The van der Waals surface area contributed by atoms with Gasteiger partial charge in [-0.15, -0.1) is 0 Å². The van der Waals surface area contributed by atoms with Crippen molar-refractivity contribution in [3.05, 3.63) is 53.7 Å². The summed E-state index contributed by atoms with van der Waals surface area (Å²) < 4.78 is 5.10. The Morgan fingerprint density at radius 2 is 2.06 bits per heavy atom. The van der Waals surface area contributed by atoms with Crippen molar-refractivity contribution in [2.45, 2.75) is 6.92 Å². The van der Waals surface area contributed by atoms with Crippen molar-refractivity contribution in [1.82, 2.24) is 4.98 Å². The number of aromatic nitrogens is 1. The van der Waals surface area contributed by atoms with Gasteiger partial charge in [0.15, 0.2) is 5.69 Å². The first-order valence-electron chi connectivity index (χ1n) is 5.09. The van der Waals surface area contributed by atoms with E-state index in [1.165, 1.54) is 0 Å². The summed E-state index contributed by atoms with van der Waals surface area (Å²) in [6, 6.07) is 9.68. The van der Waals surface area contributed by atoms with E-state index in [1.807, 2.05) is 43.3 Å². The number of benzene rings is 1. The van der Waals surface area contributed by atoms with Crippen molar-refractivity contribution in [2.75, 3.05) is 0 Å². The van der Waals surface area contributed by atoms with Crippen LogP contribution in [-0.4, -0.2) is 16.1 Å². The highest BCUT2D eigenvalue weighted by atomic mass is 16.4. The highest BCUT2D eigenvalue weighted by molar-refractivity contribution is 5.86. The van der Waals surface area contributed by atoms with Gasteiger partial charge in [0, 0.05) is 5.57 Å². The Morgan fingerprint density at radius 3 is 2.65 bits per heavy atom. The van der Waals surface area contributed by atoms with Crippen LogP contribution in [-0.2, 0) is 0 Å². The number of aromatic carboxylic acids is 1. The third-order valence-electron chi connectivity index (χ3n) is 2.24. The quantitative estimate of drug-likeness (QED) is 0.878. The molecule has 0 aliphatic carbocycles. The molecule has 0 amide bonds. The van der Waals surface area contributed by atoms with Crippen molar-refractivity contribution in [1.29, 1.82) is 0 Å². The summed E-state index contributed by atoms with van der Waals surface area (Å²) in [4.78, 5) is 14.5. The van der Waals surface area contributed by atoms with Crippen molar-refractivity contribution in [3.8, 4) is 0 Å². The SMILES string of the molecule is CC(=Cc1ccccc1)c1nc(C(=O)O)co1. The molecule has 1 N–H and O–H groups in total. The molecule has 0 fully saturated rings. The van der Waals surface area contributed by atoms with Gasteiger partial charge in [0.1, 0.15) is 6.26 Å². The van der Waals surface area contributed by atoms with E-state index in [-0.39, 0.29) is 5.69 Å². The Morgan fingerprint density at radius 1 is 1.35 bits per heavy atom. The zero-order valence-corrected chi connectivity index (χ0v) is 9.25. The molecule has 0 spiro atoms. The van der Waals surface area contributed by atoms with Gasteiger partial charge in [-0.05, 0) is 18.6 Å². The molecule has 0 unspecified atom stereocenters. The summed E-state index contributed by atoms with van der Waals surface area (Å²) in [6.07, 6.45) is 3.03. The van der Waals surface area contributed by atoms with Crippen molar-refractivity contribution in [2.24, 2.45) is 0 Å². The van der Waals surface area contributed by atoms with Crippen LogP contribution in [0.5, 0.6) is 0 Å². The summed E-state index contributed by atoms with van der Waals surface area (Å²) in [5.74, 6) is -0.765. The summed E-state index contributed by atoms with van der Waals surface area (Å²) >= 11 is 0. The molecule has 0 aliphatic rings. The van der Waals surface area contributed by atoms with Crippen LogP contribution in [0.3, 0.4) is 0 Å². The molecule has 17 heavy (non-hydrogen) atoms. The highest BCUT2D eigenvalue weighted by Gasteiger charge is 2.11. The van der Waals surface area contributed by atoms with E-state index < -0.39 is 5.97 Å². The first-order valence-corrected chi connectivity index (χ1v) is 5.09. The zero-order valence-electron chi connectivity index (χ0n) is 9.25. The van der Waals surface area contributed by atoms with Gasteiger partial charge >= 0.3 is 5.97 Å². The zero-order chi connectivity index (χ0) is 12.3. The molecule has 0 atom stereocenters. The van der Waals surface area contributed by atoms with Crippen molar-refractivity contribution < 1.29 is 14.3 Å². The van der Waals surface area contributed by atoms with Crippen LogP contribution >= 0.6 is 0 Å². The standard InChI is InChI=1S/C13H11NO3/c1-9(7-10-5-3-2-4-6-10)12-14-11(8-17-12)13(15)16/h2-8H,1H3,(H,15,16). The number of oxazole rings is 1. The van der Waals surface area contributed by atoms with E-state index >= 15 is 0 Å². The van der Waals surface area contributed by atoms with E-state index in [0.29, 0.717) is 5.89 Å². The molecule has 0 aliphatic heterocycles. The molecule has 1 aromatic carbocycles. The second-order valence-electron chi connectivity index (χ2n) is 3.58. The predicted octanol–water partition coefficient (Wildman–Crippen LogP) is 2.93. The lowest BCUT2D eigenvalue weighted by Gasteiger charge is -1.95. The van der Waals surface area contributed by atoms with Gasteiger partial charge in [-0.2, -0.15) is 0 Å². The van der Waals surface area contributed by atoms with Crippen molar-refractivity contribution in [3.63, 3.8) is 0 Å². The first-order chi connectivity index (χ1) is 8.16. The lowest BCUT2D eigenvalue weighted by atomic mass is 10.1. The number of rotatable bonds is 3. The van der Waals surface area contributed by atoms with Gasteiger partial charge < -0.3 is 9.52 Å². The van der Waals surface area contributed by atoms with Crippen molar-refractivity contribution >= 4 is 17.6 Å². The van der Waals surface area contributed by atoms with E-state index in [2.05, 4.69) is 4.98 Å². The monoisotopic (exact) mass is 229 g/mol. The number of hydrogen-bond acceptors (Lipinski definition) is 3. The second kappa shape index (κ2) is 4.65. The maximum absolute atomic E-state index is 10.7. The molecule has 2 aromatic rings. The number of carboxylic acids is 1. The van der Waals surface area contributed by atoms with Crippen LogP contribution in [0.2, 0.25) is 0 Å². The predicted molar refractivity (Wildman–Crippen MR) is 63.4 cm³/mol. The molecule has 0 radical (unpaired) electrons. The first kappa shape index (κ1) is 11.1. The third kappa shape index (κ3) is 2.60. The number of allylic oxidation sites excluding steroid dienone is 1. The lowest BCUT2D eigenvalue weighted by molar-refractivity contribution is 0.0690. The topological polar surface area (TPSA) is 63.3 Å². The van der Waals surface area contributed by atoms with Gasteiger partial charge in [0.2, 0.25) is 5.89 Å². The minimum Gasteiger partial charge on any atom is -0.476 e. The summed E-state index contributed by atoms with van der Waals surface area (Å²) in [5, 5.41) is 8.73. The van der Waals surface area contributed by atoms with Crippen LogP contribution in [0.25, 0.3) is 11.6 Å². The maximum atomic E-state index is 10.7. The Labute approximate surface area is 98.2 Å². The molecule has 2 rings (SSSR count).